The molecule has 0 radical (unpaired) electrons. The highest BCUT2D eigenvalue weighted by Crippen LogP contribution is 2.07. The highest BCUT2D eigenvalue weighted by Gasteiger charge is 2.23. The molecule has 0 aliphatic rings. The van der Waals surface area contributed by atoms with Crippen molar-refractivity contribution in [3.63, 3.8) is 0 Å². The molecule has 4 atom stereocenters. The Morgan fingerprint density at radius 2 is 0.850 bits per heavy atom. The van der Waals surface area contributed by atoms with E-state index in [0.29, 0.717) is 0 Å². The predicted molar refractivity (Wildman–Crippen MR) is 75.1 cm³/mol. The molecule has 0 saturated heterocycles. The summed E-state index contributed by atoms with van der Waals surface area (Å²) in [5, 5.41) is 36.1. The van der Waals surface area contributed by atoms with Gasteiger partial charge in [0.1, 0.15) is 12.2 Å². The van der Waals surface area contributed by atoms with Gasteiger partial charge < -0.3 is 20.4 Å². The van der Waals surface area contributed by atoms with Gasteiger partial charge in [-0.3, -0.25) is 9.59 Å². The average molecular weight is 292 g/mol. The maximum Gasteiger partial charge on any atom is 0.160 e. The standard InChI is InChI=1S/2C7H14O3/c2*1-4(2)6(9)7(10)5(3)8/h2*4,6-7,9-10H,1-3H3. The van der Waals surface area contributed by atoms with Crippen LogP contribution >= 0.6 is 0 Å². The summed E-state index contributed by atoms with van der Waals surface area (Å²) in [5.41, 5.74) is 0. The first kappa shape index (κ1) is 21.5. The van der Waals surface area contributed by atoms with Gasteiger partial charge in [0.05, 0.1) is 12.2 Å². The highest BCUT2D eigenvalue weighted by molar-refractivity contribution is 5.81. The molecule has 0 aromatic carbocycles. The van der Waals surface area contributed by atoms with Crippen molar-refractivity contribution in [3.8, 4) is 0 Å². The second-order valence-electron chi connectivity index (χ2n) is 5.58. The maximum absolute atomic E-state index is 10.5. The van der Waals surface area contributed by atoms with Gasteiger partial charge in [-0.1, -0.05) is 27.7 Å². The van der Waals surface area contributed by atoms with E-state index in [1.54, 1.807) is 27.7 Å². The fourth-order valence-corrected chi connectivity index (χ4v) is 1.21. The van der Waals surface area contributed by atoms with Crippen LogP contribution < -0.4 is 0 Å². The molecule has 0 aromatic heterocycles. The summed E-state index contributed by atoms with van der Waals surface area (Å²) >= 11 is 0. The zero-order valence-electron chi connectivity index (χ0n) is 13.1. The van der Waals surface area contributed by atoms with Crippen LogP contribution in [0.4, 0.5) is 0 Å². The van der Waals surface area contributed by atoms with Gasteiger partial charge in [0.25, 0.3) is 0 Å². The number of carbonyl (C=O) groups is 2. The number of rotatable bonds is 6. The zero-order chi connectivity index (χ0) is 16.6. The molecule has 120 valence electrons. The molecule has 6 heteroatoms. The molecule has 0 heterocycles. The Balaban J connectivity index is 0. The number of carbonyl (C=O) groups excluding carboxylic acids is 2. The number of hydrogen-bond donors (Lipinski definition) is 4. The lowest BCUT2D eigenvalue weighted by molar-refractivity contribution is -0.133. The van der Waals surface area contributed by atoms with Crippen LogP contribution in [-0.4, -0.2) is 56.4 Å². The first-order chi connectivity index (χ1) is 8.93. The molecule has 0 aliphatic heterocycles. The third kappa shape index (κ3) is 8.37. The average Bonchev–Trinajstić information content (AvgIpc) is 2.35. The van der Waals surface area contributed by atoms with E-state index in [0.717, 1.165) is 0 Å². The van der Waals surface area contributed by atoms with Gasteiger partial charge in [0, 0.05) is 0 Å². The Labute approximate surface area is 120 Å². The van der Waals surface area contributed by atoms with Gasteiger partial charge in [0.2, 0.25) is 0 Å². The lowest BCUT2D eigenvalue weighted by atomic mass is 10.00. The maximum atomic E-state index is 10.5. The van der Waals surface area contributed by atoms with Gasteiger partial charge in [-0.25, -0.2) is 0 Å². The third-order valence-corrected chi connectivity index (χ3v) is 2.85. The van der Waals surface area contributed by atoms with Crippen molar-refractivity contribution >= 4 is 11.6 Å². The molecular weight excluding hydrogens is 264 g/mol. The number of Topliss-reactive ketones (excluding diaryl/α,β-unsaturated/α-hetero) is 2. The molecule has 0 bridgehead atoms. The first-order valence-electron chi connectivity index (χ1n) is 6.66. The fourth-order valence-electron chi connectivity index (χ4n) is 1.21. The number of ketones is 2. The van der Waals surface area contributed by atoms with Crippen LogP contribution in [0.2, 0.25) is 0 Å². The lowest BCUT2D eigenvalue weighted by Gasteiger charge is -2.17. The van der Waals surface area contributed by atoms with Crippen molar-refractivity contribution in [3.05, 3.63) is 0 Å². The Hall–Kier alpha value is -0.820. The second-order valence-corrected chi connectivity index (χ2v) is 5.58. The molecule has 0 saturated carbocycles. The highest BCUT2D eigenvalue weighted by atomic mass is 16.3. The molecule has 0 amide bonds. The summed E-state index contributed by atoms with van der Waals surface area (Å²) in [6.45, 7) is 9.51. The third-order valence-electron chi connectivity index (χ3n) is 2.85. The first-order valence-corrected chi connectivity index (χ1v) is 6.66. The topological polar surface area (TPSA) is 115 Å². The van der Waals surface area contributed by atoms with Gasteiger partial charge in [-0.15, -0.1) is 0 Å². The summed E-state index contributed by atoms with van der Waals surface area (Å²) in [4.78, 5) is 21.0. The van der Waals surface area contributed by atoms with Crippen molar-refractivity contribution in [2.45, 2.75) is 66.0 Å². The minimum absolute atomic E-state index is 0.0844. The molecule has 0 fully saturated rings. The number of aliphatic hydroxyl groups excluding tert-OH is 4. The Bertz CT molecular complexity index is 270. The van der Waals surface area contributed by atoms with Crippen molar-refractivity contribution in [1.82, 2.24) is 0 Å². The lowest BCUT2D eigenvalue weighted by Crippen LogP contribution is -2.35. The minimum Gasteiger partial charge on any atom is -0.390 e. The number of hydrogen-bond acceptors (Lipinski definition) is 6. The van der Waals surface area contributed by atoms with Crippen LogP contribution in [0.3, 0.4) is 0 Å². The smallest absolute Gasteiger partial charge is 0.160 e. The van der Waals surface area contributed by atoms with Crippen molar-refractivity contribution in [1.29, 1.82) is 0 Å². The van der Waals surface area contributed by atoms with E-state index >= 15 is 0 Å². The number of aliphatic hydroxyl groups is 4. The quantitative estimate of drug-likeness (QED) is 0.544. The molecule has 0 aliphatic carbocycles. The van der Waals surface area contributed by atoms with E-state index in [4.69, 9.17) is 20.4 Å². The van der Waals surface area contributed by atoms with Gasteiger partial charge in [0.15, 0.2) is 11.6 Å². The molecule has 20 heavy (non-hydrogen) atoms. The van der Waals surface area contributed by atoms with E-state index in [1.165, 1.54) is 13.8 Å². The Morgan fingerprint density at radius 1 is 0.650 bits per heavy atom. The molecule has 0 spiro atoms. The van der Waals surface area contributed by atoms with Crippen LogP contribution in [0.1, 0.15) is 41.5 Å². The largest absolute Gasteiger partial charge is 0.390 e. The molecular formula is C14H28O6. The SMILES string of the molecule is CC(=O)C(O)C(O)C(C)C.CC(=O)C(O)C(O)C(C)C. The van der Waals surface area contributed by atoms with Crippen molar-refractivity contribution in [2.75, 3.05) is 0 Å². The van der Waals surface area contributed by atoms with Gasteiger partial charge >= 0.3 is 0 Å². The summed E-state index contributed by atoms with van der Waals surface area (Å²) in [6.07, 6.45) is -4.31. The Morgan fingerprint density at radius 3 is 0.900 bits per heavy atom. The summed E-state index contributed by atoms with van der Waals surface area (Å²) in [5.74, 6) is -0.944. The van der Waals surface area contributed by atoms with E-state index in [9.17, 15) is 9.59 Å². The molecule has 0 rings (SSSR count). The van der Waals surface area contributed by atoms with Crippen LogP contribution in [0.15, 0.2) is 0 Å². The van der Waals surface area contributed by atoms with Crippen LogP contribution in [0.25, 0.3) is 0 Å². The summed E-state index contributed by atoms with van der Waals surface area (Å²) < 4.78 is 0. The predicted octanol–water partition coefficient (Wildman–Crippen LogP) is -0.0936. The van der Waals surface area contributed by atoms with Gasteiger partial charge in [-0.2, -0.15) is 0 Å². The van der Waals surface area contributed by atoms with Crippen LogP contribution in [-0.2, 0) is 9.59 Å². The molecule has 0 aromatic rings. The van der Waals surface area contributed by atoms with E-state index in [-0.39, 0.29) is 23.4 Å². The van der Waals surface area contributed by atoms with Crippen molar-refractivity contribution < 1.29 is 30.0 Å². The normalized spacial score (nSPS) is 17.0. The molecule has 4 N–H and O–H groups in total. The summed E-state index contributed by atoms with van der Waals surface area (Å²) in [7, 11) is 0. The second kappa shape index (κ2) is 9.99. The van der Waals surface area contributed by atoms with Crippen molar-refractivity contribution in [2.24, 2.45) is 11.8 Å². The van der Waals surface area contributed by atoms with E-state index in [2.05, 4.69) is 0 Å². The molecule has 6 nitrogen and oxygen atoms in total. The van der Waals surface area contributed by atoms with E-state index < -0.39 is 24.4 Å². The summed E-state index contributed by atoms with van der Waals surface area (Å²) in [6, 6.07) is 0. The van der Waals surface area contributed by atoms with Gasteiger partial charge in [-0.05, 0) is 25.7 Å². The monoisotopic (exact) mass is 292 g/mol. The minimum atomic E-state index is -1.22. The van der Waals surface area contributed by atoms with Crippen LogP contribution in [0.5, 0.6) is 0 Å². The zero-order valence-corrected chi connectivity index (χ0v) is 13.1. The Kier molecular flexibility index (Phi) is 10.7. The fraction of sp³-hybridized carbons (Fsp3) is 0.857. The van der Waals surface area contributed by atoms with E-state index in [1.807, 2.05) is 0 Å². The van der Waals surface area contributed by atoms with Crippen LogP contribution in [0, 0.1) is 11.8 Å². The molecule has 4 unspecified atom stereocenters.